The van der Waals surface area contributed by atoms with Crippen molar-refractivity contribution in [2.75, 3.05) is 13.2 Å². The van der Waals surface area contributed by atoms with E-state index in [0.29, 0.717) is 12.8 Å². The average Bonchev–Trinajstić information content (AvgIpc) is 2.66. The fourth-order valence-corrected chi connectivity index (χ4v) is 2.94. The summed E-state index contributed by atoms with van der Waals surface area (Å²) in [7, 11) is 0. The Balaban J connectivity index is 4.17. The number of carbonyl (C=O) groups is 3. The van der Waals surface area contributed by atoms with Crippen LogP contribution in [0.3, 0.4) is 0 Å². The molecule has 0 aromatic rings. The smallest absolute Gasteiger partial charge is 0.336 e. The van der Waals surface area contributed by atoms with Crippen LogP contribution in [-0.4, -0.2) is 42.1 Å². The topological polar surface area (TPSA) is 89.9 Å². The molecule has 6 nitrogen and oxygen atoms in total. The molecule has 6 heteroatoms. The summed E-state index contributed by atoms with van der Waals surface area (Å²) in [6, 6.07) is 0. The number of rotatable bonds is 18. The zero-order valence-electron chi connectivity index (χ0n) is 18.0. The van der Waals surface area contributed by atoms with Gasteiger partial charge in [0.25, 0.3) is 0 Å². The zero-order valence-corrected chi connectivity index (χ0v) is 18.0. The maximum atomic E-state index is 12.1. The quantitative estimate of drug-likeness (QED) is 0.209. The van der Waals surface area contributed by atoms with Crippen LogP contribution < -0.4 is 0 Å². The van der Waals surface area contributed by atoms with Crippen LogP contribution in [0, 0.1) is 5.92 Å². The second kappa shape index (κ2) is 17.7. The summed E-state index contributed by atoms with van der Waals surface area (Å²) in [5, 5.41) is 10.1. The van der Waals surface area contributed by atoms with E-state index in [-0.39, 0.29) is 13.2 Å². The van der Waals surface area contributed by atoms with Crippen molar-refractivity contribution >= 4 is 17.7 Å². The summed E-state index contributed by atoms with van der Waals surface area (Å²) >= 11 is 0. The fourth-order valence-electron chi connectivity index (χ4n) is 2.94. The largest absolute Gasteiger partial charge is 0.465 e. The lowest BCUT2D eigenvalue weighted by Gasteiger charge is -2.18. The predicted octanol–water partition coefficient (Wildman–Crippen LogP) is 4.36. The van der Waals surface area contributed by atoms with Gasteiger partial charge >= 0.3 is 11.9 Å². The van der Waals surface area contributed by atoms with Crippen LogP contribution in [0.5, 0.6) is 0 Å². The van der Waals surface area contributed by atoms with Gasteiger partial charge in [-0.25, -0.2) is 4.79 Å². The molecule has 2 atom stereocenters. The van der Waals surface area contributed by atoms with Crippen LogP contribution in [0.25, 0.3) is 0 Å². The molecular weight excluding hydrogens is 360 g/mol. The number of carbonyl (C=O) groups excluding carboxylic acids is 3. The highest BCUT2D eigenvalue weighted by molar-refractivity contribution is 6.02. The molecule has 0 aromatic carbocycles. The molecule has 2 unspecified atom stereocenters. The van der Waals surface area contributed by atoms with Gasteiger partial charge in [0, 0.05) is 0 Å². The van der Waals surface area contributed by atoms with Crippen molar-refractivity contribution in [2.24, 2.45) is 5.92 Å². The molecule has 0 saturated carbocycles. The number of aliphatic hydroxyl groups is 1. The van der Waals surface area contributed by atoms with Crippen LogP contribution in [0.15, 0.2) is 0 Å². The van der Waals surface area contributed by atoms with E-state index in [2.05, 4.69) is 13.8 Å². The minimum atomic E-state index is -1.81. The van der Waals surface area contributed by atoms with Crippen molar-refractivity contribution in [3.8, 4) is 0 Å². The van der Waals surface area contributed by atoms with Crippen molar-refractivity contribution in [1.82, 2.24) is 0 Å². The van der Waals surface area contributed by atoms with Gasteiger partial charge in [-0.1, -0.05) is 78.1 Å². The Morgan fingerprint density at radius 2 is 1.07 bits per heavy atom. The fraction of sp³-hybridized carbons (Fsp3) is 0.864. The lowest BCUT2D eigenvalue weighted by atomic mass is 9.98. The second-order valence-electron chi connectivity index (χ2n) is 7.40. The summed E-state index contributed by atoms with van der Waals surface area (Å²) in [4.78, 5) is 35.9. The number of hydrogen-bond donors (Lipinski definition) is 1. The third kappa shape index (κ3) is 12.9. The van der Waals surface area contributed by atoms with Crippen molar-refractivity contribution in [3.63, 3.8) is 0 Å². The van der Waals surface area contributed by atoms with Gasteiger partial charge in [0.15, 0.2) is 12.0 Å². The van der Waals surface area contributed by atoms with E-state index in [0.717, 1.165) is 38.5 Å². The van der Waals surface area contributed by atoms with Crippen LogP contribution in [0.2, 0.25) is 0 Å². The minimum Gasteiger partial charge on any atom is -0.465 e. The predicted molar refractivity (Wildman–Crippen MR) is 109 cm³/mol. The third-order valence-electron chi connectivity index (χ3n) is 4.73. The van der Waals surface area contributed by atoms with E-state index in [1.165, 1.54) is 32.6 Å². The van der Waals surface area contributed by atoms with Crippen molar-refractivity contribution in [3.05, 3.63) is 0 Å². The molecule has 28 heavy (non-hydrogen) atoms. The second-order valence-corrected chi connectivity index (χ2v) is 7.40. The van der Waals surface area contributed by atoms with E-state index < -0.39 is 29.7 Å². The Hall–Kier alpha value is -1.43. The summed E-state index contributed by atoms with van der Waals surface area (Å²) in [6.45, 7) is 5.83. The number of unbranched alkanes of at least 4 members (excludes halogenated alkanes) is 10. The SMILES string of the molecule is CCCCCCCCOC(=O)C(O)C(C(C)=O)C(=O)OCCCCCCCC. The van der Waals surface area contributed by atoms with Crippen LogP contribution in [-0.2, 0) is 23.9 Å². The molecule has 164 valence electrons. The van der Waals surface area contributed by atoms with Gasteiger partial charge in [-0.2, -0.15) is 0 Å². The third-order valence-corrected chi connectivity index (χ3v) is 4.73. The van der Waals surface area contributed by atoms with E-state index in [4.69, 9.17) is 9.47 Å². The van der Waals surface area contributed by atoms with E-state index >= 15 is 0 Å². The van der Waals surface area contributed by atoms with Gasteiger partial charge in [0.1, 0.15) is 5.78 Å². The monoisotopic (exact) mass is 400 g/mol. The Morgan fingerprint density at radius 3 is 1.50 bits per heavy atom. The first-order chi connectivity index (χ1) is 13.5. The number of hydrogen-bond acceptors (Lipinski definition) is 6. The molecule has 0 rings (SSSR count). The number of aliphatic hydroxyl groups excluding tert-OH is 1. The first kappa shape index (κ1) is 26.6. The summed E-state index contributed by atoms with van der Waals surface area (Å²) in [6.07, 6.45) is 10.7. The van der Waals surface area contributed by atoms with Crippen molar-refractivity contribution in [2.45, 2.75) is 104 Å². The molecule has 0 aliphatic rings. The average molecular weight is 401 g/mol. The van der Waals surface area contributed by atoms with Gasteiger partial charge in [0.05, 0.1) is 13.2 Å². The molecule has 0 spiro atoms. The molecule has 0 aliphatic carbocycles. The van der Waals surface area contributed by atoms with Gasteiger partial charge in [0.2, 0.25) is 0 Å². The molecule has 0 bridgehead atoms. The maximum absolute atomic E-state index is 12.1. The van der Waals surface area contributed by atoms with E-state index in [1.807, 2.05) is 0 Å². The Labute approximate surface area is 170 Å². The van der Waals surface area contributed by atoms with Crippen LogP contribution in [0.1, 0.15) is 97.8 Å². The van der Waals surface area contributed by atoms with E-state index in [9.17, 15) is 19.5 Å². The Morgan fingerprint density at radius 1 is 0.679 bits per heavy atom. The van der Waals surface area contributed by atoms with Crippen LogP contribution in [0.4, 0.5) is 0 Å². The highest BCUT2D eigenvalue weighted by Crippen LogP contribution is 2.13. The molecule has 0 aromatic heterocycles. The molecule has 0 heterocycles. The summed E-state index contributed by atoms with van der Waals surface area (Å²) in [5.74, 6) is -3.91. The van der Waals surface area contributed by atoms with Gasteiger partial charge < -0.3 is 14.6 Å². The molecule has 1 N–H and O–H groups in total. The summed E-state index contributed by atoms with van der Waals surface area (Å²) < 4.78 is 10.1. The number of ketones is 1. The lowest BCUT2D eigenvalue weighted by Crippen LogP contribution is -2.41. The van der Waals surface area contributed by atoms with Gasteiger partial charge in [-0.15, -0.1) is 0 Å². The molecular formula is C22H40O6. The van der Waals surface area contributed by atoms with Crippen LogP contribution >= 0.6 is 0 Å². The summed E-state index contributed by atoms with van der Waals surface area (Å²) in [5.41, 5.74) is 0. The molecule has 0 fully saturated rings. The van der Waals surface area contributed by atoms with Crippen molar-refractivity contribution < 1.29 is 29.0 Å². The lowest BCUT2D eigenvalue weighted by molar-refractivity contribution is -0.169. The highest BCUT2D eigenvalue weighted by Gasteiger charge is 2.38. The van der Waals surface area contributed by atoms with Gasteiger partial charge in [-0.05, 0) is 19.8 Å². The minimum absolute atomic E-state index is 0.180. The Kier molecular flexibility index (Phi) is 16.8. The highest BCUT2D eigenvalue weighted by atomic mass is 16.6. The zero-order chi connectivity index (χ0) is 21.2. The maximum Gasteiger partial charge on any atom is 0.336 e. The molecule has 0 aliphatic heterocycles. The number of Topliss-reactive ketones (excluding diaryl/α,β-unsaturated/α-hetero) is 1. The normalized spacial score (nSPS) is 13.0. The Bertz CT molecular complexity index is 435. The standard InChI is InChI=1S/C22H40O6/c1-4-6-8-10-12-14-16-27-21(25)19(18(3)23)20(24)22(26)28-17-15-13-11-9-7-5-2/h19-20,24H,4-17H2,1-3H3. The molecule has 0 saturated heterocycles. The first-order valence-electron chi connectivity index (χ1n) is 11.0. The molecule has 0 radical (unpaired) electrons. The van der Waals surface area contributed by atoms with Gasteiger partial charge in [-0.3, -0.25) is 9.59 Å². The van der Waals surface area contributed by atoms with E-state index in [1.54, 1.807) is 0 Å². The first-order valence-corrected chi connectivity index (χ1v) is 11.0. The number of ether oxygens (including phenoxy) is 2. The molecule has 0 amide bonds. The number of esters is 2. The van der Waals surface area contributed by atoms with Crippen molar-refractivity contribution in [1.29, 1.82) is 0 Å².